The molecule has 31 heavy (non-hydrogen) atoms. The third kappa shape index (κ3) is 4.34. The number of benzene rings is 2. The molecule has 0 bridgehead atoms. The Hall–Kier alpha value is -2.76. The molecule has 1 aromatic heterocycles. The summed E-state index contributed by atoms with van der Waals surface area (Å²) in [7, 11) is -5.83. The maximum atomic E-state index is 13.0. The van der Waals surface area contributed by atoms with Crippen molar-refractivity contribution in [3.63, 3.8) is 0 Å². The number of ether oxygens (including phenoxy) is 1. The molecule has 0 N–H and O–H groups in total. The van der Waals surface area contributed by atoms with E-state index in [1.807, 2.05) is 30.3 Å². The lowest BCUT2D eigenvalue weighted by Gasteiger charge is -2.30. The zero-order valence-electron chi connectivity index (χ0n) is 16.8. The largest absolute Gasteiger partial charge is 0.457 e. The van der Waals surface area contributed by atoms with Crippen molar-refractivity contribution in [3.8, 4) is 11.5 Å². The number of hydrogen-bond donors (Lipinski definition) is 0. The molecule has 11 heteroatoms. The molecule has 2 heterocycles. The van der Waals surface area contributed by atoms with E-state index in [2.05, 4.69) is 10.2 Å². The van der Waals surface area contributed by atoms with E-state index in [-0.39, 0.29) is 36.0 Å². The number of rotatable bonds is 6. The van der Waals surface area contributed by atoms with E-state index in [4.69, 9.17) is 4.74 Å². The second-order valence-corrected chi connectivity index (χ2v) is 11.3. The van der Waals surface area contributed by atoms with Crippen molar-refractivity contribution in [2.75, 3.05) is 13.1 Å². The maximum Gasteiger partial charge on any atom is 0.249 e. The van der Waals surface area contributed by atoms with Gasteiger partial charge in [-0.3, -0.25) is 0 Å². The van der Waals surface area contributed by atoms with E-state index in [1.165, 1.54) is 27.3 Å². The van der Waals surface area contributed by atoms with Crippen LogP contribution in [0.1, 0.15) is 12.8 Å². The van der Waals surface area contributed by atoms with Crippen LogP contribution in [0.15, 0.2) is 71.0 Å². The summed E-state index contributed by atoms with van der Waals surface area (Å²) in [6.07, 6.45) is 1.73. The fourth-order valence-corrected chi connectivity index (χ4v) is 6.72. The second-order valence-electron chi connectivity index (χ2n) is 7.26. The van der Waals surface area contributed by atoms with Crippen molar-refractivity contribution in [1.82, 2.24) is 19.1 Å². The van der Waals surface area contributed by atoms with Gasteiger partial charge in [-0.05, 0) is 49.2 Å². The van der Waals surface area contributed by atoms with E-state index in [9.17, 15) is 16.8 Å². The molecule has 0 spiro atoms. The van der Waals surface area contributed by atoms with Crippen LogP contribution >= 0.6 is 0 Å². The minimum absolute atomic E-state index is 0.0946. The molecule has 3 aromatic rings. The van der Waals surface area contributed by atoms with Crippen LogP contribution < -0.4 is 4.74 Å². The SMILES string of the molecule is Cn1cnnc1S(=O)(=O)C1CCN(S(=O)(=O)c2ccc(Oc3ccccc3)cc2)CC1. The Morgan fingerprint density at radius 2 is 1.52 bits per heavy atom. The number of para-hydroxylation sites is 1. The molecular formula is C20H22N4O5S2. The van der Waals surface area contributed by atoms with Gasteiger partial charge in [-0.15, -0.1) is 10.2 Å². The van der Waals surface area contributed by atoms with E-state index in [1.54, 1.807) is 19.2 Å². The van der Waals surface area contributed by atoms with Gasteiger partial charge in [0.1, 0.15) is 17.8 Å². The molecule has 9 nitrogen and oxygen atoms in total. The minimum Gasteiger partial charge on any atom is -0.457 e. The Labute approximate surface area is 181 Å². The predicted octanol–water partition coefficient (Wildman–Crippen LogP) is 2.23. The first-order chi connectivity index (χ1) is 14.8. The van der Waals surface area contributed by atoms with Crippen molar-refractivity contribution in [3.05, 3.63) is 60.9 Å². The highest BCUT2D eigenvalue weighted by atomic mass is 32.2. The Morgan fingerprint density at radius 1 is 0.903 bits per heavy atom. The van der Waals surface area contributed by atoms with Crippen molar-refractivity contribution in [1.29, 1.82) is 0 Å². The average molecular weight is 463 g/mol. The van der Waals surface area contributed by atoms with E-state index in [0.717, 1.165) is 0 Å². The summed E-state index contributed by atoms with van der Waals surface area (Å²) in [5.74, 6) is 1.18. The van der Waals surface area contributed by atoms with Crippen molar-refractivity contribution >= 4 is 19.9 Å². The third-order valence-electron chi connectivity index (χ3n) is 5.20. The van der Waals surface area contributed by atoms with Crippen molar-refractivity contribution in [2.45, 2.75) is 28.1 Å². The van der Waals surface area contributed by atoms with Gasteiger partial charge in [-0.1, -0.05) is 18.2 Å². The molecule has 0 saturated carbocycles. The van der Waals surface area contributed by atoms with Gasteiger partial charge in [0.15, 0.2) is 0 Å². The number of sulfone groups is 1. The predicted molar refractivity (Wildman–Crippen MR) is 113 cm³/mol. The first kappa shape index (κ1) is 21.5. The number of hydrogen-bond acceptors (Lipinski definition) is 7. The summed E-state index contributed by atoms with van der Waals surface area (Å²) in [6, 6.07) is 15.4. The summed E-state index contributed by atoms with van der Waals surface area (Å²) in [5.41, 5.74) is 0. The summed E-state index contributed by atoms with van der Waals surface area (Å²) in [4.78, 5) is 0.141. The van der Waals surface area contributed by atoms with Crippen LogP contribution in [0.25, 0.3) is 0 Å². The van der Waals surface area contributed by atoms with Gasteiger partial charge in [0.25, 0.3) is 0 Å². The maximum absolute atomic E-state index is 13.0. The second kappa shape index (κ2) is 8.40. The van der Waals surface area contributed by atoms with Crippen LogP contribution in [-0.2, 0) is 26.9 Å². The standard InChI is InChI=1S/C20H22N4O5S2/c1-23-15-21-22-20(23)30(25,26)18-11-13-24(14-12-18)31(27,28)19-9-7-17(8-10-19)29-16-5-3-2-4-6-16/h2-10,15,18H,11-14H2,1H3. The molecule has 1 aliphatic heterocycles. The van der Waals surface area contributed by atoms with Crippen molar-refractivity contribution < 1.29 is 21.6 Å². The Bertz CT molecular complexity index is 1250. The van der Waals surface area contributed by atoms with Crippen LogP contribution in [0, 0.1) is 0 Å². The van der Waals surface area contributed by atoms with E-state index in [0.29, 0.717) is 11.5 Å². The van der Waals surface area contributed by atoms with Crippen LogP contribution in [0.3, 0.4) is 0 Å². The zero-order valence-corrected chi connectivity index (χ0v) is 18.5. The lowest BCUT2D eigenvalue weighted by Crippen LogP contribution is -2.42. The highest BCUT2D eigenvalue weighted by Crippen LogP contribution is 2.28. The van der Waals surface area contributed by atoms with Crippen molar-refractivity contribution in [2.24, 2.45) is 7.05 Å². The lowest BCUT2D eigenvalue weighted by atomic mass is 10.2. The molecule has 1 saturated heterocycles. The number of piperidine rings is 1. The highest BCUT2D eigenvalue weighted by molar-refractivity contribution is 7.92. The zero-order chi connectivity index (χ0) is 22.1. The Morgan fingerprint density at radius 3 is 2.10 bits per heavy atom. The molecule has 4 rings (SSSR count). The van der Waals surface area contributed by atoms with Gasteiger partial charge in [-0.25, -0.2) is 16.8 Å². The molecule has 164 valence electrons. The summed E-state index contributed by atoms with van der Waals surface area (Å²) < 4.78 is 59.9. The van der Waals surface area contributed by atoms with Gasteiger partial charge >= 0.3 is 0 Å². The molecule has 2 aromatic carbocycles. The lowest BCUT2D eigenvalue weighted by molar-refractivity contribution is 0.344. The number of aryl methyl sites for hydroxylation is 1. The first-order valence-electron chi connectivity index (χ1n) is 9.69. The minimum atomic E-state index is -3.73. The average Bonchev–Trinajstić information content (AvgIpc) is 3.22. The van der Waals surface area contributed by atoms with Gasteiger partial charge < -0.3 is 9.30 Å². The van der Waals surface area contributed by atoms with Gasteiger partial charge in [0, 0.05) is 20.1 Å². The van der Waals surface area contributed by atoms with Crippen LogP contribution in [0.4, 0.5) is 0 Å². The molecule has 0 radical (unpaired) electrons. The summed E-state index contributed by atoms with van der Waals surface area (Å²) >= 11 is 0. The molecule has 0 unspecified atom stereocenters. The number of nitrogens with zero attached hydrogens (tertiary/aromatic N) is 4. The Balaban J connectivity index is 1.44. The van der Waals surface area contributed by atoms with Gasteiger partial charge in [0.05, 0.1) is 10.1 Å². The van der Waals surface area contributed by atoms with Crippen LogP contribution in [0.5, 0.6) is 11.5 Å². The first-order valence-corrected chi connectivity index (χ1v) is 12.7. The normalized spacial score (nSPS) is 16.3. The molecular weight excluding hydrogens is 440 g/mol. The Kier molecular flexibility index (Phi) is 5.82. The van der Waals surface area contributed by atoms with E-state index < -0.39 is 25.1 Å². The highest BCUT2D eigenvalue weighted by Gasteiger charge is 2.37. The monoisotopic (exact) mass is 462 g/mol. The van der Waals surface area contributed by atoms with Crippen LogP contribution in [0.2, 0.25) is 0 Å². The number of sulfonamides is 1. The van der Waals surface area contributed by atoms with E-state index >= 15 is 0 Å². The smallest absolute Gasteiger partial charge is 0.249 e. The molecule has 0 atom stereocenters. The third-order valence-corrected chi connectivity index (χ3v) is 9.35. The summed E-state index contributed by atoms with van der Waals surface area (Å²) in [6.45, 7) is 0.235. The molecule has 1 fully saturated rings. The van der Waals surface area contributed by atoms with Crippen LogP contribution in [-0.4, -0.2) is 54.2 Å². The number of aromatic nitrogens is 3. The fraction of sp³-hybridized carbons (Fsp3) is 0.300. The molecule has 0 aliphatic carbocycles. The quantitative estimate of drug-likeness (QED) is 0.552. The topological polar surface area (TPSA) is 111 Å². The van der Waals surface area contributed by atoms with Gasteiger partial charge in [-0.2, -0.15) is 4.31 Å². The molecule has 0 amide bonds. The molecule has 1 aliphatic rings. The summed E-state index contributed by atoms with van der Waals surface area (Å²) in [5, 5.41) is 6.54. The van der Waals surface area contributed by atoms with Gasteiger partial charge in [0.2, 0.25) is 25.0 Å². The fourth-order valence-electron chi connectivity index (χ4n) is 3.52.